The third kappa shape index (κ3) is 3.57. The molecule has 1 aromatic carbocycles. The second kappa shape index (κ2) is 5.92. The Morgan fingerprint density at radius 2 is 2.29 bits per heavy atom. The fraction of sp³-hybridized carbons (Fsp3) is 0.250. The van der Waals surface area contributed by atoms with Gasteiger partial charge in [-0.05, 0) is 12.5 Å². The molecule has 0 saturated heterocycles. The molecule has 1 atom stereocenters. The number of carbonyl (C=O) groups is 2. The number of hydrogen-bond donors (Lipinski definition) is 2. The third-order valence-electron chi connectivity index (χ3n) is 2.84. The number of benzene rings is 1. The van der Waals surface area contributed by atoms with E-state index in [1.807, 2.05) is 0 Å². The van der Waals surface area contributed by atoms with E-state index in [-0.39, 0.29) is 17.3 Å². The summed E-state index contributed by atoms with van der Waals surface area (Å²) < 4.78 is 0. The van der Waals surface area contributed by atoms with Crippen molar-refractivity contribution in [2.75, 3.05) is 5.32 Å². The number of nitro benzene ring substituents is 1. The molecule has 21 heavy (non-hydrogen) atoms. The Bertz CT molecular complexity index is 659. The number of thioether (sulfide) groups is 1. The molecule has 2 rings (SSSR count). The molecule has 1 aliphatic heterocycles. The van der Waals surface area contributed by atoms with E-state index in [0.29, 0.717) is 11.3 Å². The highest BCUT2D eigenvalue weighted by Gasteiger charge is 2.29. The van der Waals surface area contributed by atoms with Gasteiger partial charge in [0.15, 0.2) is 5.17 Å². The van der Waals surface area contributed by atoms with Crippen LogP contribution in [0.15, 0.2) is 23.2 Å². The largest absolute Gasteiger partial charge is 0.378 e. The van der Waals surface area contributed by atoms with Crippen LogP contribution in [0.5, 0.6) is 0 Å². The summed E-state index contributed by atoms with van der Waals surface area (Å²) in [5.41, 5.74) is 6.33. The van der Waals surface area contributed by atoms with E-state index in [4.69, 9.17) is 5.73 Å². The Labute approximate surface area is 123 Å². The highest BCUT2D eigenvalue weighted by Crippen LogP contribution is 2.25. The van der Waals surface area contributed by atoms with Crippen molar-refractivity contribution in [2.45, 2.75) is 18.6 Å². The normalized spacial score (nSPS) is 17.5. The maximum absolute atomic E-state index is 11.9. The van der Waals surface area contributed by atoms with Crippen LogP contribution in [0.4, 0.5) is 11.4 Å². The molecule has 0 fully saturated rings. The quantitative estimate of drug-likeness (QED) is 0.635. The monoisotopic (exact) mass is 308 g/mol. The highest BCUT2D eigenvalue weighted by atomic mass is 32.2. The summed E-state index contributed by atoms with van der Waals surface area (Å²) in [5.74, 6) is -0.863. The summed E-state index contributed by atoms with van der Waals surface area (Å²) in [5, 5.41) is 12.8. The first-order chi connectivity index (χ1) is 9.86. The van der Waals surface area contributed by atoms with Crippen LogP contribution in [0.25, 0.3) is 0 Å². The first-order valence-corrected chi connectivity index (χ1v) is 6.84. The Hall–Kier alpha value is -2.42. The van der Waals surface area contributed by atoms with E-state index in [1.165, 1.54) is 12.1 Å². The number of nitrogens with zero attached hydrogens (tertiary/aromatic N) is 2. The van der Waals surface area contributed by atoms with E-state index in [1.54, 1.807) is 13.0 Å². The fourth-order valence-corrected chi connectivity index (χ4v) is 2.58. The van der Waals surface area contributed by atoms with Gasteiger partial charge < -0.3 is 11.1 Å². The lowest BCUT2D eigenvalue weighted by atomic mass is 10.1. The first kappa shape index (κ1) is 15.0. The Morgan fingerprint density at radius 3 is 2.86 bits per heavy atom. The number of hydrogen-bond acceptors (Lipinski definition) is 6. The lowest BCUT2D eigenvalue weighted by molar-refractivity contribution is -0.384. The van der Waals surface area contributed by atoms with E-state index in [9.17, 15) is 19.7 Å². The predicted octanol–water partition coefficient (Wildman–Crippen LogP) is 1.19. The minimum atomic E-state index is -0.635. The van der Waals surface area contributed by atoms with Crippen LogP contribution in [-0.2, 0) is 9.59 Å². The first-order valence-electron chi connectivity index (χ1n) is 5.96. The maximum atomic E-state index is 11.9. The van der Waals surface area contributed by atoms with Crippen molar-refractivity contribution in [3.63, 3.8) is 0 Å². The average molecular weight is 308 g/mol. The second-order valence-electron chi connectivity index (χ2n) is 4.40. The molecule has 3 N–H and O–H groups in total. The van der Waals surface area contributed by atoms with E-state index < -0.39 is 22.0 Å². The Kier molecular flexibility index (Phi) is 4.22. The maximum Gasteiger partial charge on any atom is 0.271 e. The smallest absolute Gasteiger partial charge is 0.271 e. The van der Waals surface area contributed by atoms with Gasteiger partial charge in [-0.3, -0.25) is 19.7 Å². The van der Waals surface area contributed by atoms with Gasteiger partial charge in [0.1, 0.15) is 5.25 Å². The number of nitro groups is 1. The number of anilines is 1. The molecular formula is C12H12N4O4S. The molecule has 1 heterocycles. The van der Waals surface area contributed by atoms with Crippen LogP contribution >= 0.6 is 11.8 Å². The molecule has 0 unspecified atom stereocenters. The standard InChI is InChI=1S/C12H12N4O4S/c1-6-2-3-7(16(19)20)4-8(6)14-10(17)5-9-11(18)15-12(13)21-9/h2-4,9H,5H2,1H3,(H,14,17)(H2,13,15,18)/t9-/m0/s1. The van der Waals surface area contributed by atoms with Crippen LogP contribution < -0.4 is 11.1 Å². The Balaban J connectivity index is 2.05. The van der Waals surface area contributed by atoms with Crippen molar-refractivity contribution in [3.8, 4) is 0 Å². The molecule has 0 radical (unpaired) electrons. The second-order valence-corrected chi connectivity index (χ2v) is 5.63. The number of aliphatic imine (C=N–C) groups is 1. The summed E-state index contributed by atoms with van der Waals surface area (Å²) in [4.78, 5) is 37.1. The minimum absolute atomic E-state index is 0.0875. The lowest BCUT2D eigenvalue weighted by Gasteiger charge is -2.10. The molecule has 1 aliphatic rings. The van der Waals surface area contributed by atoms with Crippen molar-refractivity contribution in [3.05, 3.63) is 33.9 Å². The number of rotatable bonds is 4. The van der Waals surface area contributed by atoms with Gasteiger partial charge in [0.2, 0.25) is 5.91 Å². The number of amidine groups is 1. The predicted molar refractivity (Wildman–Crippen MR) is 79.1 cm³/mol. The number of aryl methyl sites for hydroxylation is 1. The zero-order valence-corrected chi connectivity index (χ0v) is 11.8. The summed E-state index contributed by atoms with van der Waals surface area (Å²) in [6.07, 6.45) is -0.0875. The number of amides is 2. The summed E-state index contributed by atoms with van der Waals surface area (Å²) >= 11 is 1.03. The van der Waals surface area contributed by atoms with Gasteiger partial charge >= 0.3 is 0 Å². The zero-order chi connectivity index (χ0) is 15.6. The lowest BCUT2D eigenvalue weighted by Crippen LogP contribution is -2.22. The Morgan fingerprint density at radius 1 is 1.57 bits per heavy atom. The van der Waals surface area contributed by atoms with Crippen molar-refractivity contribution in [1.82, 2.24) is 0 Å². The van der Waals surface area contributed by atoms with Gasteiger partial charge in [0.25, 0.3) is 11.6 Å². The van der Waals surface area contributed by atoms with E-state index in [0.717, 1.165) is 11.8 Å². The molecular weight excluding hydrogens is 296 g/mol. The highest BCUT2D eigenvalue weighted by molar-refractivity contribution is 8.15. The molecule has 0 spiro atoms. The van der Waals surface area contributed by atoms with Gasteiger partial charge in [-0.1, -0.05) is 17.8 Å². The molecule has 0 aliphatic carbocycles. The van der Waals surface area contributed by atoms with Gasteiger partial charge in [-0.2, -0.15) is 4.99 Å². The van der Waals surface area contributed by atoms with Crippen molar-refractivity contribution < 1.29 is 14.5 Å². The van der Waals surface area contributed by atoms with Crippen molar-refractivity contribution in [1.29, 1.82) is 0 Å². The molecule has 8 nitrogen and oxygen atoms in total. The van der Waals surface area contributed by atoms with Crippen molar-refractivity contribution >= 4 is 40.1 Å². The number of nitrogens with one attached hydrogen (secondary N) is 1. The van der Waals surface area contributed by atoms with Crippen LogP contribution in [0, 0.1) is 17.0 Å². The van der Waals surface area contributed by atoms with E-state index >= 15 is 0 Å². The molecule has 9 heteroatoms. The van der Waals surface area contributed by atoms with Gasteiger partial charge in [-0.25, -0.2) is 0 Å². The van der Waals surface area contributed by atoms with Gasteiger partial charge in [-0.15, -0.1) is 0 Å². The average Bonchev–Trinajstić information content (AvgIpc) is 2.70. The summed E-state index contributed by atoms with van der Waals surface area (Å²) in [6.45, 7) is 1.72. The van der Waals surface area contributed by atoms with Crippen LogP contribution in [-0.4, -0.2) is 27.2 Å². The molecule has 0 saturated carbocycles. The fourth-order valence-electron chi connectivity index (χ4n) is 1.76. The molecule has 110 valence electrons. The summed E-state index contributed by atoms with van der Waals surface area (Å²) in [6, 6.07) is 4.18. The van der Waals surface area contributed by atoms with Crippen LogP contribution in [0.1, 0.15) is 12.0 Å². The van der Waals surface area contributed by atoms with Crippen LogP contribution in [0.3, 0.4) is 0 Å². The molecule has 1 aromatic rings. The minimum Gasteiger partial charge on any atom is -0.378 e. The zero-order valence-electron chi connectivity index (χ0n) is 11.0. The SMILES string of the molecule is Cc1ccc([N+](=O)[O-])cc1NC(=O)C[C@@H]1SC(N)=NC1=O. The van der Waals surface area contributed by atoms with Gasteiger partial charge in [0.05, 0.1) is 10.6 Å². The molecule has 0 bridgehead atoms. The topological polar surface area (TPSA) is 128 Å². The molecule has 0 aromatic heterocycles. The number of non-ortho nitro benzene ring substituents is 1. The number of nitrogens with two attached hydrogens (primary N) is 1. The summed E-state index contributed by atoms with van der Waals surface area (Å²) in [7, 11) is 0. The third-order valence-corrected chi connectivity index (χ3v) is 3.82. The molecule has 2 amide bonds. The van der Waals surface area contributed by atoms with Crippen LogP contribution in [0.2, 0.25) is 0 Å². The van der Waals surface area contributed by atoms with Crippen molar-refractivity contribution in [2.24, 2.45) is 10.7 Å². The van der Waals surface area contributed by atoms with E-state index in [2.05, 4.69) is 10.3 Å². The van der Waals surface area contributed by atoms with Gasteiger partial charge in [0, 0.05) is 18.6 Å². The number of carbonyl (C=O) groups excluding carboxylic acids is 2.